The Kier molecular flexibility index (Phi) is 6.25. The van der Waals surface area contributed by atoms with E-state index in [2.05, 4.69) is 4.90 Å². The molecule has 0 saturated heterocycles. The number of aliphatic hydroxyl groups is 1. The number of nitrogens with zero attached hydrogens (tertiary/aromatic N) is 1. The Hall–Kier alpha value is -2.04. The molecule has 0 heterocycles. The van der Waals surface area contributed by atoms with Crippen LogP contribution in [0.15, 0.2) is 54.6 Å². The molecule has 0 amide bonds. The molecule has 1 atom stereocenters. The standard InChI is InChI=1S/C18H23NO3/c1-19(12-15-8-6-7-11-18(15)21-2)13-16(20)14-22-17-9-4-3-5-10-17/h3-11,16,20H,12-14H2,1-2H3. The highest BCUT2D eigenvalue weighted by atomic mass is 16.5. The second-order valence-corrected chi connectivity index (χ2v) is 5.29. The van der Waals surface area contributed by atoms with E-state index >= 15 is 0 Å². The van der Waals surface area contributed by atoms with Crippen LogP contribution >= 0.6 is 0 Å². The quantitative estimate of drug-likeness (QED) is 0.814. The lowest BCUT2D eigenvalue weighted by molar-refractivity contribution is 0.0742. The van der Waals surface area contributed by atoms with Crippen LogP contribution in [0.4, 0.5) is 0 Å². The van der Waals surface area contributed by atoms with E-state index in [-0.39, 0.29) is 6.61 Å². The second kappa shape index (κ2) is 8.41. The first-order chi connectivity index (χ1) is 10.7. The van der Waals surface area contributed by atoms with Crippen molar-refractivity contribution in [3.63, 3.8) is 0 Å². The second-order valence-electron chi connectivity index (χ2n) is 5.29. The van der Waals surface area contributed by atoms with Gasteiger partial charge in [0, 0.05) is 18.7 Å². The molecular formula is C18H23NO3. The van der Waals surface area contributed by atoms with Gasteiger partial charge in [-0.25, -0.2) is 0 Å². The van der Waals surface area contributed by atoms with Crippen LogP contribution in [0.25, 0.3) is 0 Å². The lowest BCUT2D eigenvalue weighted by Gasteiger charge is -2.21. The maximum absolute atomic E-state index is 10.1. The molecule has 1 unspecified atom stereocenters. The lowest BCUT2D eigenvalue weighted by atomic mass is 10.2. The molecule has 0 aliphatic heterocycles. The van der Waals surface area contributed by atoms with Gasteiger partial charge in [-0.2, -0.15) is 0 Å². The van der Waals surface area contributed by atoms with E-state index in [4.69, 9.17) is 9.47 Å². The molecule has 4 nitrogen and oxygen atoms in total. The van der Waals surface area contributed by atoms with Crippen molar-refractivity contribution in [1.29, 1.82) is 0 Å². The van der Waals surface area contributed by atoms with Gasteiger partial charge in [0.2, 0.25) is 0 Å². The number of hydrogen-bond donors (Lipinski definition) is 1. The Morgan fingerprint density at radius 3 is 2.45 bits per heavy atom. The first-order valence-electron chi connectivity index (χ1n) is 7.35. The van der Waals surface area contributed by atoms with Gasteiger partial charge in [0.15, 0.2) is 0 Å². The van der Waals surface area contributed by atoms with Crippen LogP contribution in [0.3, 0.4) is 0 Å². The normalized spacial score (nSPS) is 12.2. The summed E-state index contributed by atoms with van der Waals surface area (Å²) in [7, 11) is 3.64. The van der Waals surface area contributed by atoms with E-state index in [0.29, 0.717) is 13.1 Å². The highest BCUT2D eigenvalue weighted by Crippen LogP contribution is 2.18. The molecule has 0 radical (unpaired) electrons. The van der Waals surface area contributed by atoms with Gasteiger partial charge >= 0.3 is 0 Å². The van der Waals surface area contributed by atoms with E-state index < -0.39 is 6.10 Å². The summed E-state index contributed by atoms with van der Waals surface area (Å²) >= 11 is 0. The van der Waals surface area contributed by atoms with Crippen LogP contribution in [0.1, 0.15) is 5.56 Å². The van der Waals surface area contributed by atoms with Gasteiger partial charge in [-0.3, -0.25) is 4.90 Å². The summed E-state index contributed by atoms with van der Waals surface area (Å²) in [5.41, 5.74) is 1.10. The Balaban J connectivity index is 1.80. The highest BCUT2D eigenvalue weighted by molar-refractivity contribution is 5.33. The average molecular weight is 301 g/mol. The minimum atomic E-state index is -0.542. The molecular weight excluding hydrogens is 278 g/mol. The minimum absolute atomic E-state index is 0.278. The van der Waals surface area contributed by atoms with E-state index in [9.17, 15) is 5.11 Å². The molecule has 4 heteroatoms. The lowest BCUT2D eigenvalue weighted by Crippen LogP contribution is -2.32. The van der Waals surface area contributed by atoms with Gasteiger partial charge in [-0.05, 0) is 25.2 Å². The van der Waals surface area contributed by atoms with Crippen LogP contribution in [-0.2, 0) is 6.54 Å². The van der Waals surface area contributed by atoms with E-state index in [1.807, 2.05) is 61.6 Å². The predicted molar refractivity (Wildman–Crippen MR) is 87.3 cm³/mol. The minimum Gasteiger partial charge on any atom is -0.496 e. The molecule has 1 N–H and O–H groups in total. The predicted octanol–water partition coefficient (Wildman–Crippen LogP) is 2.57. The molecule has 0 saturated carbocycles. The molecule has 22 heavy (non-hydrogen) atoms. The van der Waals surface area contributed by atoms with Gasteiger partial charge in [-0.1, -0.05) is 36.4 Å². The van der Waals surface area contributed by atoms with Crippen molar-refractivity contribution in [3.05, 3.63) is 60.2 Å². The maximum Gasteiger partial charge on any atom is 0.123 e. The monoisotopic (exact) mass is 301 g/mol. The molecule has 0 aromatic heterocycles. The summed E-state index contributed by atoms with van der Waals surface area (Å²) in [6, 6.07) is 17.4. The summed E-state index contributed by atoms with van der Waals surface area (Å²) in [5, 5.41) is 10.1. The van der Waals surface area contributed by atoms with Crippen LogP contribution < -0.4 is 9.47 Å². The summed E-state index contributed by atoms with van der Waals surface area (Å²) in [6.07, 6.45) is -0.542. The first-order valence-corrected chi connectivity index (χ1v) is 7.35. The summed E-state index contributed by atoms with van der Waals surface area (Å²) < 4.78 is 10.9. The van der Waals surface area contributed by atoms with Gasteiger partial charge in [0.25, 0.3) is 0 Å². The topological polar surface area (TPSA) is 41.9 Å². The van der Waals surface area contributed by atoms with E-state index in [0.717, 1.165) is 17.1 Å². The zero-order chi connectivity index (χ0) is 15.8. The summed E-state index contributed by atoms with van der Waals surface area (Å²) in [6.45, 7) is 1.53. The zero-order valence-electron chi connectivity index (χ0n) is 13.1. The van der Waals surface area contributed by atoms with Crippen LogP contribution in [0.5, 0.6) is 11.5 Å². The Morgan fingerprint density at radius 2 is 1.73 bits per heavy atom. The molecule has 0 fully saturated rings. The van der Waals surface area contributed by atoms with E-state index in [1.54, 1.807) is 7.11 Å². The Morgan fingerprint density at radius 1 is 1.05 bits per heavy atom. The third-order valence-corrected chi connectivity index (χ3v) is 3.34. The Bertz CT molecular complexity index is 559. The van der Waals surface area contributed by atoms with Crippen molar-refractivity contribution >= 4 is 0 Å². The molecule has 0 bridgehead atoms. The molecule has 118 valence electrons. The zero-order valence-corrected chi connectivity index (χ0v) is 13.1. The van der Waals surface area contributed by atoms with Gasteiger partial charge < -0.3 is 14.6 Å². The van der Waals surface area contributed by atoms with Crippen molar-refractivity contribution in [1.82, 2.24) is 4.90 Å². The molecule has 0 spiro atoms. The number of para-hydroxylation sites is 2. The van der Waals surface area contributed by atoms with Crippen molar-refractivity contribution in [3.8, 4) is 11.5 Å². The molecule has 2 aromatic rings. The fourth-order valence-corrected chi connectivity index (χ4v) is 2.31. The van der Waals surface area contributed by atoms with Gasteiger partial charge in [0.1, 0.15) is 24.2 Å². The van der Waals surface area contributed by atoms with Crippen LogP contribution in [0.2, 0.25) is 0 Å². The van der Waals surface area contributed by atoms with Gasteiger partial charge in [0.05, 0.1) is 7.11 Å². The fourth-order valence-electron chi connectivity index (χ4n) is 2.31. The molecule has 0 aliphatic carbocycles. The SMILES string of the molecule is COc1ccccc1CN(C)CC(O)COc1ccccc1. The molecule has 2 rings (SSSR count). The van der Waals surface area contributed by atoms with Crippen LogP contribution in [0, 0.1) is 0 Å². The first kappa shape index (κ1) is 16.3. The third kappa shape index (κ3) is 5.06. The summed E-state index contributed by atoms with van der Waals surface area (Å²) in [4.78, 5) is 2.05. The van der Waals surface area contributed by atoms with Crippen LogP contribution in [-0.4, -0.2) is 43.4 Å². The molecule has 0 aliphatic rings. The smallest absolute Gasteiger partial charge is 0.123 e. The maximum atomic E-state index is 10.1. The number of likely N-dealkylation sites (N-methyl/N-ethyl adjacent to an activating group) is 1. The largest absolute Gasteiger partial charge is 0.496 e. The number of aliphatic hydroxyl groups excluding tert-OH is 1. The fraction of sp³-hybridized carbons (Fsp3) is 0.333. The average Bonchev–Trinajstić information content (AvgIpc) is 2.54. The number of hydrogen-bond acceptors (Lipinski definition) is 4. The Labute approximate surface area is 131 Å². The number of ether oxygens (including phenoxy) is 2. The summed E-state index contributed by atoms with van der Waals surface area (Å²) in [5.74, 6) is 1.64. The van der Waals surface area contributed by atoms with Crippen molar-refractivity contribution in [2.75, 3.05) is 27.3 Å². The molecule has 2 aromatic carbocycles. The third-order valence-electron chi connectivity index (χ3n) is 3.34. The van der Waals surface area contributed by atoms with E-state index in [1.165, 1.54) is 0 Å². The van der Waals surface area contributed by atoms with Crippen molar-refractivity contribution in [2.45, 2.75) is 12.6 Å². The number of rotatable bonds is 8. The number of methoxy groups -OCH3 is 1. The highest BCUT2D eigenvalue weighted by Gasteiger charge is 2.11. The van der Waals surface area contributed by atoms with Crippen molar-refractivity contribution in [2.24, 2.45) is 0 Å². The number of benzene rings is 2. The van der Waals surface area contributed by atoms with Gasteiger partial charge in [-0.15, -0.1) is 0 Å². The van der Waals surface area contributed by atoms with Crippen molar-refractivity contribution < 1.29 is 14.6 Å².